The molecule has 132 valence electrons. The molecule has 0 aliphatic rings. The van der Waals surface area contributed by atoms with E-state index >= 15 is 0 Å². The van der Waals surface area contributed by atoms with Crippen molar-refractivity contribution in [2.45, 2.75) is 58.4 Å². The van der Waals surface area contributed by atoms with Crippen molar-refractivity contribution in [2.75, 3.05) is 6.61 Å². The molecule has 0 radical (unpaired) electrons. The summed E-state index contributed by atoms with van der Waals surface area (Å²) in [5.74, 6) is -1.05. The molecule has 10 heteroatoms. The van der Waals surface area contributed by atoms with Crippen LogP contribution in [-0.2, 0) is 4.79 Å². The summed E-state index contributed by atoms with van der Waals surface area (Å²) >= 11 is 29.7. The Balaban J connectivity index is 4.61. The lowest BCUT2D eigenvalue weighted by molar-refractivity contribution is -0.137. The Morgan fingerprint density at radius 2 is 1.27 bits per heavy atom. The van der Waals surface area contributed by atoms with Gasteiger partial charge in [-0.15, -0.1) is 58.0 Å². The van der Waals surface area contributed by atoms with Crippen LogP contribution in [0.1, 0.15) is 19.3 Å². The molecule has 0 aromatic rings. The van der Waals surface area contributed by atoms with Crippen molar-refractivity contribution in [1.29, 1.82) is 0 Å². The van der Waals surface area contributed by atoms with Gasteiger partial charge >= 0.3 is 5.97 Å². The first-order chi connectivity index (χ1) is 10.1. The summed E-state index contributed by atoms with van der Waals surface area (Å²) in [5.41, 5.74) is 0. The molecule has 0 bridgehead atoms. The summed E-state index contributed by atoms with van der Waals surface area (Å²) in [5, 5.41) is 32.7. The lowest BCUT2D eigenvalue weighted by atomic mass is 9.99. The Hall–Kier alpha value is 0.800. The monoisotopic (exact) mass is 418 g/mol. The minimum Gasteiger partial charge on any atom is -0.481 e. The molecule has 0 rings (SSSR count). The zero-order valence-corrected chi connectivity index (χ0v) is 15.2. The molecule has 0 spiro atoms. The van der Waals surface area contributed by atoms with E-state index in [1.165, 1.54) is 0 Å². The number of hydrogen-bond donors (Lipinski definition) is 4. The molecule has 7 atom stereocenters. The minimum absolute atomic E-state index is 0.0226. The Morgan fingerprint density at radius 1 is 0.818 bits per heavy atom. The van der Waals surface area contributed by atoms with Crippen LogP contribution in [0.15, 0.2) is 0 Å². The van der Waals surface area contributed by atoms with E-state index in [1.807, 2.05) is 0 Å². The summed E-state index contributed by atoms with van der Waals surface area (Å²) in [7, 11) is 0. The molecule has 0 saturated carbocycles. The standard InChI is InChI=1S/C12H19Cl5O5/c13-5(1-2-7(19)20)9(16)11(21)12(22)10(17)8(15)6(14)3-4-18/h5-6,8-12,18,21-22H,1-4H2,(H,19,20). The van der Waals surface area contributed by atoms with Gasteiger partial charge in [-0.3, -0.25) is 4.79 Å². The normalized spacial score (nSPS) is 21.5. The highest BCUT2D eigenvalue weighted by Gasteiger charge is 2.38. The molecule has 0 heterocycles. The Bertz CT molecular complexity index is 335. The van der Waals surface area contributed by atoms with Gasteiger partial charge in [0.25, 0.3) is 0 Å². The average molecular weight is 421 g/mol. The maximum atomic E-state index is 10.5. The molecular formula is C12H19Cl5O5. The van der Waals surface area contributed by atoms with E-state index in [1.54, 1.807) is 0 Å². The summed E-state index contributed by atoms with van der Waals surface area (Å²) in [6.07, 6.45) is -3.06. The second kappa shape index (κ2) is 11.4. The van der Waals surface area contributed by atoms with E-state index in [9.17, 15) is 15.0 Å². The molecule has 0 fully saturated rings. The fourth-order valence-electron chi connectivity index (χ4n) is 1.68. The van der Waals surface area contributed by atoms with Gasteiger partial charge in [0.05, 0.1) is 39.1 Å². The van der Waals surface area contributed by atoms with Gasteiger partial charge in [0.1, 0.15) is 0 Å². The number of carboxylic acid groups (broad SMARTS) is 1. The number of aliphatic carboxylic acids is 1. The van der Waals surface area contributed by atoms with Crippen LogP contribution in [0.25, 0.3) is 0 Å². The number of halogens is 5. The summed E-state index contributed by atoms with van der Waals surface area (Å²) in [4.78, 5) is 10.5. The van der Waals surface area contributed by atoms with Crippen LogP contribution in [0.4, 0.5) is 0 Å². The van der Waals surface area contributed by atoms with Gasteiger partial charge in [-0.1, -0.05) is 0 Å². The lowest BCUT2D eigenvalue weighted by Crippen LogP contribution is -2.48. The Morgan fingerprint density at radius 3 is 1.73 bits per heavy atom. The zero-order chi connectivity index (χ0) is 17.4. The van der Waals surface area contributed by atoms with Crippen LogP contribution < -0.4 is 0 Å². The highest BCUT2D eigenvalue weighted by molar-refractivity contribution is 6.35. The van der Waals surface area contributed by atoms with Gasteiger partial charge in [-0.2, -0.15) is 0 Å². The highest BCUT2D eigenvalue weighted by atomic mass is 35.5. The fraction of sp³-hybridized carbons (Fsp3) is 0.917. The van der Waals surface area contributed by atoms with Crippen LogP contribution in [0.3, 0.4) is 0 Å². The van der Waals surface area contributed by atoms with Crippen LogP contribution in [0.2, 0.25) is 0 Å². The van der Waals surface area contributed by atoms with Gasteiger partial charge in [-0.05, 0) is 12.8 Å². The summed E-state index contributed by atoms with van der Waals surface area (Å²) in [6.45, 7) is -0.198. The minimum atomic E-state index is -1.52. The van der Waals surface area contributed by atoms with Crippen molar-refractivity contribution >= 4 is 64.0 Å². The first-order valence-electron chi connectivity index (χ1n) is 6.52. The van der Waals surface area contributed by atoms with Gasteiger partial charge in [0.15, 0.2) is 0 Å². The van der Waals surface area contributed by atoms with Crippen molar-refractivity contribution in [3.63, 3.8) is 0 Å². The number of rotatable bonds is 11. The molecule has 5 nitrogen and oxygen atoms in total. The van der Waals surface area contributed by atoms with Crippen LogP contribution in [0.5, 0.6) is 0 Å². The van der Waals surface area contributed by atoms with Gasteiger partial charge in [-0.25, -0.2) is 0 Å². The zero-order valence-electron chi connectivity index (χ0n) is 11.5. The molecular weight excluding hydrogens is 401 g/mol. The number of carbonyl (C=O) groups is 1. The molecule has 0 saturated heterocycles. The number of aliphatic hydroxyl groups excluding tert-OH is 3. The topological polar surface area (TPSA) is 98.0 Å². The van der Waals surface area contributed by atoms with E-state index < -0.39 is 45.1 Å². The maximum absolute atomic E-state index is 10.5. The van der Waals surface area contributed by atoms with E-state index in [0.29, 0.717) is 0 Å². The first-order valence-corrected chi connectivity index (χ1v) is 8.70. The van der Waals surface area contributed by atoms with E-state index in [2.05, 4.69) is 0 Å². The van der Waals surface area contributed by atoms with E-state index in [-0.39, 0.29) is 25.9 Å². The molecule has 0 aliphatic carbocycles. The quantitative estimate of drug-likeness (QED) is 0.383. The Kier molecular flexibility index (Phi) is 11.8. The van der Waals surface area contributed by atoms with Crippen molar-refractivity contribution in [3.05, 3.63) is 0 Å². The van der Waals surface area contributed by atoms with Gasteiger partial charge < -0.3 is 20.4 Å². The highest BCUT2D eigenvalue weighted by Crippen LogP contribution is 2.28. The third kappa shape index (κ3) is 7.58. The van der Waals surface area contributed by atoms with Crippen LogP contribution in [-0.4, -0.2) is 72.1 Å². The molecule has 7 unspecified atom stereocenters. The molecule has 4 N–H and O–H groups in total. The molecule has 0 aliphatic heterocycles. The fourth-order valence-corrected chi connectivity index (χ4v) is 3.14. The van der Waals surface area contributed by atoms with E-state index in [4.69, 9.17) is 68.2 Å². The number of aliphatic hydroxyl groups is 3. The number of alkyl halides is 5. The summed E-state index contributed by atoms with van der Waals surface area (Å²) < 4.78 is 0. The average Bonchev–Trinajstić information content (AvgIpc) is 2.48. The van der Waals surface area contributed by atoms with Gasteiger partial charge in [0, 0.05) is 13.0 Å². The van der Waals surface area contributed by atoms with Gasteiger partial charge in [0.2, 0.25) is 0 Å². The third-order valence-corrected chi connectivity index (χ3v) is 6.07. The smallest absolute Gasteiger partial charge is 0.303 e. The predicted molar refractivity (Wildman–Crippen MR) is 88.8 cm³/mol. The maximum Gasteiger partial charge on any atom is 0.303 e. The number of carboxylic acids is 1. The first kappa shape index (κ1) is 22.8. The van der Waals surface area contributed by atoms with Crippen molar-refractivity contribution in [2.24, 2.45) is 0 Å². The molecule has 0 aromatic heterocycles. The van der Waals surface area contributed by atoms with E-state index in [0.717, 1.165) is 0 Å². The lowest BCUT2D eigenvalue weighted by Gasteiger charge is -2.31. The van der Waals surface area contributed by atoms with Crippen LogP contribution >= 0.6 is 58.0 Å². The van der Waals surface area contributed by atoms with Crippen molar-refractivity contribution < 1.29 is 25.2 Å². The third-order valence-electron chi connectivity index (χ3n) is 3.04. The van der Waals surface area contributed by atoms with Crippen molar-refractivity contribution in [3.8, 4) is 0 Å². The summed E-state index contributed by atoms with van der Waals surface area (Å²) in [6, 6.07) is 0. The largest absolute Gasteiger partial charge is 0.481 e. The molecule has 22 heavy (non-hydrogen) atoms. The Labute approximate surface area is 154 Å². The predicted octanol–water partition coefficient (Wildman–Crippen LogP) is 1.99. The molecule has 0 aromatic carbocycles. The SMILES string of the molecule is O=C(O)CCC(Cl)C(Cl)C(O)C(O)C(Cl)C(Cl)C(Cl)CCO. The molecule has 0 amide bonds. The van der Waals surface area contributed by atoms with Crippen LogP contribution in [0, 0.1) is 0 Å². The second-order valence-corrected chi connectivity index (χ2v) is 7.42. The van der Waals surface area contributed by atoms with Crippen molar-refractivity contribution in [1.82, 2.24) is 0 Å². The number of hydrogen-bond acceptors (Lipinski definition) is 4. The second-order valence-electron chi connectivity index (χ2n) is 4.79.